The molecule has 4 rings (SSSR count). The minimum absolute atomic E-state index is 0.182. The predicted molar refractivity (Wildman–Crippen MR) is 145 cm³/mol. The quantitative estimate of drug-likeness (QED) is 0.221. The molecule has 0 aliphatic carbocycles. The number of hydrogen-bond donors (Lipinski definition) is 0. The molecule has 0 saturated carbocycles. The first-order chi connectivity index (χ1) is 16.4. The largest absolute Gasteiger partial charge is 0.497 e. The Morgan fingerprint density at radius 1 is 1.06 bits per heavy atom. The number of methoxy groups -OCH3 is 2. The van der Waals surface area contributed by atoms with Crippen LogP contribution in [0.5, 0.6) is 17.2 Å². The normalized spacial score (nSPS) is 14.6. The summed E-state index contributed by atoms with van der Waals surface area (Å²) in [5, 5.41) is 0.671. The molecule has 0 radical (unpaired) electrons. The molecule has 1 aliphatic heterocycles. The summed E-state index contributed by atoms with van der Waals surface area (Å²) < 4.78 is 17.9. The van der Waals surface area contributed by atoms with E-state index < -0.39 is 0 Å². The fourth-order valence-electron chi connectivity index (χ4n) is 3.27. The van der Waals surface area contributed by atoms with Gasteiger partial charge in [0.05, 0.1) is 29.3 Å². The molecule has 3 aromatic carbocycles. The molecule has 0 aromatic heterocycles. The summed E-state index contributed by atoms with van der Waals surface area (Å²) in [7, 11) is 3.17. The van der Waals surface area contributed by atoms with Gasteiger partial charge in [0.25, 0.3) is 5.91 Å². The van der Waals surface area contributed by atoms with E-state index in [1.165, 1.54) is 16.7 Å². The molecule has 1 amide bonds. The van der Waals surface area contributed by atoms with Crippen LogP contribution in [-0.4, -0.2) is 24.4 Å². The summed E-state index contributed by atoms with van der Waals surface area (Å²) in [6, 6.07) is 18.3. The topological polar surface area (TPSA) is 48.0 Å². The summed E-state index contributed by atoms with van der Waals surface area (Å²) in [6.07, 6.45) is 1.79. The third-order valence-electron chi connectivity index (χ3n) is 4.97. The first-order valence-corrected chi connectivity index (χ1v) is 12.5. The molecule has 1 aliphatic rings. The molecule has 3 aromatic rings. The zero-order valence-corrected chi connectivity index (χ0v) is 22.2. The van der Waals surface area contributed by atoms with Gasteiger partial charge in [0.1, 0.15) is 12.4 Å². The lowest BCUT2D eigenvalue weighted by atomic mass is 10.1. The van der Waals surface area contributed by atoms with Crippen molar-refractivity contribution in [2.45, 2.75) is 6.61 Å². The van der Waals surface area contributed by atoms with Crippen molar-refractivity contribution in [2.24, 2.45) is 0 Å². The van der Waals surface area contributed by atoms with Gasteiger partial charge in [-0.3, -0.25) is 9.69 Å². The smallest absolute Gasteiger partial charge is 0.270 e. The van der Waals surface area contributed by atoms with E-state index in [1.807, 2.05) is 36.4 Å². The molecule has 1 heterocycles. The highest BCUT2D eigenvalue weighted by Crippen LogP contribution is 2.40. The van der Waals surface area contributed by atoms with Crippen molar-refractivity contribution in [1.29, 1.82) is 0 Å². The van der Waals surface area contributed by atoms with E-state index in [-0.39, 0.29) is 5.91 Å². The van der Waals surface area contributed by atoms with E-state index >= 15 is 0 Å². The van der Waals surface area contributed by atoms with Gasteiger partial charge in [0.2, 0.25) is 0 Å². The van der Waals surface area contributed by atoms with Crippen LogP contribution in [0.1, 0.15) is 11.1 Å². The standard InChI is InChI=1S/C25H19BrClNO4S2/c1-30-19-9-7-18(8-10-19)28-24(29)22(34-25(28)33)13-16-11-20(26)23(21(12-16)31-2)32-14-15-3-5-17(27)6-4-15/h3-13H,14H2,1-2H3. The third-order valence-corrected chi connectivity index (χ3v) is 7.11. The summed E-state index contributed by atoms with van der Waals surface area (Å²) in [6.45, 7) is 0.353. The maximum atomic E-state index is 13.1. The van der Waals surface area contributed by atoms with E-state index in [4.69, 9.17) is 38.0 Å². The summed E-state index contributed by atoms with van der Waals surface area (Å²) >= 11 is 16.2. The van der Waals surface area contributed by atoms with Crippen LogP contribution in [0.4, 0.5) is 5.69 Å². The predicted octanol–water partition coefficient (Wildman–Crippen LogP) is 7.10. The number of ether oxygens (including phenoxy) is 3. The molecule has 5 nitrogen and oxygen atoms in total. The Hall–Kier alpha value is -2.52. The first-order valence-electron chi connectivity index (χ1n) is 10.1. The first kappa shape index (κ1) is 24.6. The molecule has 0 bridgehead atoms. The number of anilines is 1. The van der Waals surface area contributed by atoms with Crippen molar-refractivity contribution >= 4 is 73.5 Å². The van der Waals surface area contributed by atoms with Gasteiger partial charge in [-0.2, -0.15) is 0 Å². The molecule has 0 N–H and O–H groups in total. The van der Waals surface area contributed by atoms with Crippen molar-refractivity contribution < 1.29 is 19.0 Å². The summed E-state index contributed by atoms with van der Waals surface area (Å²) in [5.41, 5.74) is 2.44. The van der Waals surface area contributed by atoms with E-state index in [0.29, 0.717) is 48.3 Å². The van der Waals surface area contributed by atoms with Gasteiger partial charge in [0.15, 0.2) is 15.8 Å². The number of nitrogens with zero attached hydrogens (tertiary/aromatic N) is 1. The van der Waals surface area contributed by atoms with Crippen molar-refractivity contribution in [3.05, 3.63) is 86.2 Å². The molecule has 9 heteroatoms. The van der Waals surface area contributed by atoms with Crippen LogP contribution in [0, 0.1) is 0 Å². The second-order valence-electron chi connectivity index (χ2n) is 7.16. The van der Waals surface area contributed by atoms with E-state index in [2.05, 4.69) is 15.9 Å². The van der Waals surface area contributed by atoms with Crippen molar-refractivity contribution in [3.63, 3.8) is 0 Å². The van der Waals surface area contributed by atoms with Gasteiger partial charge in [-0.25, -0.2) is 0 Å². The molecule has 0 spiro atoms. The third kappa shape index (κ3) is 5.41. The molecule has 1 saturated heterocycles. The fraction of sp³-hybridized carbons (Fsp3) is 0.120. The Morgan fingerprint density at radius 2 is 1.76 bits per heavy atom. The van der Waals surface area contributed by atoms with E-state index in [0.717, 1.165) is 11.1 Å². The van der Waals surface area contributed by atoms with Gasteiger partial charge in [-0.1, -0.05) is 47.7 Å². The lowest BCUT2D eigenvalue weighted by molar-refractivity contribution is -0.113. The second kappa shape index (κ2) is 10.8. The SMILES string of the molecule is COc1ccc(N2C(=O)C(=Cc3cc(Br)c(OCc4ccc(Cl)cc4)c(OC)c3)SC2=S)cc1. The fourth-order valence-corrected chi connectivity index (χ4v) is 5.27. The highest BCUT2D eigenvalue weighted by atomic mass is 79.9. The molecule has 174 valence electrons. The number of benzene rings is 3. The number of thiocarbonyl (C=S) groups is 1. The highest BCUT2D eigenvalue weighted by Gasteiger charge is 2.33. The van der Waals surface area contributed by atoms with Gasteiger partial charge < -0.3 is 14.2 Å². The summed E-state index contributed by atoms with van der Waals surface area (Å²) in [4.78, 5) is 15.1. The average Bonchev–Trinajstić information content (AvgIpc) is 3.11. The molecule has 1 fully saturated rings. The molecule has 34 heavy (non-hydrogen) atoms. The Kier molecular flexibility index (Phi) is 7.83. The number of hydrogen-bond acceptors (Lipinski definition) is 6. The van der Waals surface area contributed by atoms with Gasteiger partial charge in [-0.15, -0.1) is 0 Å². The van der Waals surface area contributed by atoms with Crippen LogP contribution in [0.15, 0.2) is 70.0 Å². The number of carbonyl (C=O) groups is 1. The summed E-state index contributed by atoms with van der Waals surface area (Å²) in [5.74, 6) is 1.64. The van der Waals surface area contributed by atoms with Gasteiger partial charge in [0, 0.05) is 5.02 Å². The van der Waals surface area contributed by atoms with Crippen molar-refractivity contribution in [1.82, 2.24) is 0 Å². The number of thioether (sulfide) groups is 1. The number of carbonyl (C=O) groups excluding carboxylic acids is 1. The van der Waals surface area contributed by atoms with Crippen LogP contribution in [0.25, 0.3) is 6.08 Å². The Morgan fingerprint density at radius 3 is 2.41 bits per heavy atom. The highest BCUT2D eigenvalue weighted by molar-refractivity contribution is 9.10. The van der Waals surface area contributed by atoms with Crippen LogP contribution < -0.4 is 19.1 Å². The van der Waals surface area contributed by atoms with Crippen LogP contribution in [-0.2, 0) is 11.4 Å². The van der Waals surface area contributed by atoms with Crippen LogP contribution in [0.2, 0.25) is 5.02 Å². The second-order valence-corrected chi connectivity index (χ2v) is 10.1. The maximum absolute atomic E-state index is 13.1. The zero-order chi connectivity index (χ0) is 24.2. The number of halogens is 2. The monoisotopic (exact) mass is 575 g/mol. The Balaban J connectivity index is 1.56. The van der Waals surface area contributed by atoms with Gasteiger partial charge >= 0.3 is 0 Å². The van der Waals surface area contributed by atoms with E-state index in [1.54, 1.807) is 44.6 Å². The number of rotatable bonds is 7. The molecular formula is C25H19BrClNO4S2. The molecule has 0 atom stereocenters. The van der Waals surface area contributed by atoms with Crippen LogP contribution >= 0.6 is 51.5 Å². The molecule has 0 unspecified atom stereocenters. The average molecular weight is 577 g/mol. The Labute approximate surface area is 220 Å². The Bertz CT molecular complexity index is 1260. The minimum atomic E-state index is -0.182. The lowest BCUT2D eigenvalue weighted by Crippen LogP contribution is -2.27. The van der Waals surface area contributed by atoms with Crippen LogP contribution in [0.3, 0.4) is 0 Å². The maximum Gasteiger partial charge on any atom is 0.270 e. The van der Waals surface area contributed by atoms with Crippen molar-refractivity contribution in [2.75, 3.05) is 19.1 Å². The lowest BCUT2D eigenvalue weighted by Gasteiger charge is -2.15. The van der Waals surface area contributed by atoms with E-state index in [9.17, 15) is 4.79 Å². The zero-order valence-electron chi connectivity index (χ0n) is 18.2. The van der Waals surface area contributed by atoms with Gasteiger partial charge in [-0.05, 0) is 81.7 Å². The molecular weight excluding hydrogens is 558 g/mol. The minimum Gasteiger partial charge on any atom is -0.497 e. The number of amides is 1. The van der Waals surface area contributed by atoms with Crippen molar-refractivity contribution in [3.8, 4) is 17.2 Å².